The standard InChI is InChI=1S/C23H28N4O4S2/c1-14-10-15(2)12-18(11-14)25-33(29,30)20-13-19(26(5)17(20)4)22-24-16(3)21(32-22)23(28)27-6-8-31-9-7-27/h10-13,25H,6-9H2,1-5H3. The Morgan fingerprint density at radius 1 is 1.06 bits per heavy atom. The summed E-state index contributed by atoms with van der Waals surface area (Å²) in [6.07, 6.45) is 0. The van der Waals surface area contributed by atoms with Gasteiger partial charge in [-0.2, -0.15) is 0 Å². The molecule has 10 heteroatoms. The van der Waals surface area contributed by atoms with Gasteiger partial charge >= 0.3 is 0 Å². The Morgan fingerprint density at radius 2 is 1.70 bits per heavy atom. The van der Waals surface area contributed by atoms with Crippen molar-refractivity contribution < 1.29 is 17.9 Å². The van der Waals surface area contributed by atoms with Gasteiger partial charge in [-0.05, 0) is 57.0 Å². The zero-order chi connectivity index (χ0) is 23.9. The molecule has 4 rings (SSSR count). The molecule has 1 aromatic carbocycles. The zero-order valence-electron chi connectivity index (χ0n) is 19.4. The van der Waals surface area contributed by atoms with E-state index in [9.17, 15) is 13.2 Å². The summed E-state index contributed by atoms with van der Waals surface area (Å²) in [5.41, 5.74) is 4.38. The van der Waals surface area contributed by atoms with Crippen LogP contribution < -0.4 is 4.72 Å². The minimum absolute atomic E-state index is 0.0604. The van der Waals surface area contributed by atoms with Crippen molar-refractivity contribution in [3.05, 3.63) is 51.7 Å². The molecule has 1 aliphatic heterocycles. The summed E-state index contributed by atoms with van der Waals surface area (Å²) in [5, 5.41) is 0.613. The molecule has 33 heavy (non-hydrogen) atoms. The van der Waals surface area contributed by atoms with Crippen molar-refractivity contribution in [2.24, 2.45) is 7.05 Å². The van der Waals surface area contributed by atoms with Crippen LogP contribution in [0.2, 0.25) is 0 Å². The molecule has 0 radical (unpaired) electrons. The maximum atomic E-state index is 13.2. The summed E-state index contributed by atoms with van der Waals surface area (Å²) in [6.45, 7) is 9.60. The van der Waals surface area contributed by atoms with Crippen LogP contribution in [0.4, 0.5) is 5.69 Å². The van der Waals surface area contributed by atoms with Gasteiger partial charge in [0.05, 0.1) is 24.6 Å². The predicted molar refractivity (Wildman–Crippen MR) is 129 cm³/mol. The number of morpholine rings is 1. The average Bonchev–Trinajstić information content (AvgIpc) is 3.27. The van der Waals surface area contributed by atoms with E-state index in [1.165, 1.54) is 11.3 Å². The van der Waals surface area contributed by atoms with Crippen molar-refractivity contribution in [3.63, 3.8) is 0 Å². The fourth-order valence-electron chi connectivity index (χ4n) is 4.01. The van der Waals surface area contributed by atoms with E-state index < -0.39 is 10.0 Å². The Labute approximate surface area is 198 Å². The molecular formula is C23H28N4O4S2. The average molecular weight is 489 g/mol. The van der Waals surface area contributed by atoms with E-state index in [2.05, 4.69) is 9.71 Å². The van der Waals surface area contributed by atoms with Crippen LogP contribution in [0, 0.1) is 27.7 Å². The number of hydrogen-bond acceptors (Lipinski definition) is 6. The normalized spacial score (nSPS) is 14.5. The molecule has 1 aliphatic rings. The molecule has 1 fully saturated rings. The number of carbonyl (C=O) groups excluding carboxylic acids is 1. The molecule has 1 amide bonds. The molecule has 1 N–H and O–H groups in total. The van der Waals surface area contributed by atoms with Crippen molar-refractivity contribution in [1.29, 1.82) is 0 Å². The van der Waals surface area contributed by atoms with Gasteiger partial charge in [-0.1, -0.05) is 6.07 Å². The third-order valence-corrected chi connectivity index (χ3v) is 8.43. The second-order valence-electron chi connectivity index (χ2n) is 8.36. The molecule has 2 aromatic heterocycles. The second kappa shape index (κ2) is 8.92. The number of amides is 1. The topological polar surface area (TPSA) is 93.5 Å². The third kappa shape index (κ3) is 4.68. The first-order chi connectivity index (χ1) is 15.6. The first-order valence-electron chi connectivity index (χ1n) is 10.7. The Bertz CT molecular complexity index is 1300. The fourth-order valence-corrected chi connectivity index (χ4v) is 6.42. The number of ether oxygens (including phenoxy) is 1. The van der Waals surface area contributed by atoms with E-state index in [4.69, 9.17) is 4.74 Å². The van der Waals surface area contributed by atoms with E-state index in [-0.39, 0.29) is 10.8 Å². The minimum Gasteiger partial charge on any atom is -0.378 e. The largest absolute Gasteiger partial charge is 0.378 e. The van der Waals surface area contributed by atoms with Crippen LogP contribution in [0.25, 0.3) is 10.7 Å². The number of rotatable bonds is 5. The van der Waals surface area contributed by atoms with Crippen LogP contribution in [-0.2, 0) is 21.8 Å². The number of nitrogens with one attached hydrogen (secondary N) is 1. The number of hydrogen-bond donors (Lipinski definition) is 1. The van der Waals surface area contributed by atoms with Gasteiger partial charge in [-0.15, -0.1) is 11.3 Å². The molecule has 1 saturated heterocycles. The van der Waals surface area contributed by atoms with Crippen LogP contribution in [0.5, 0.6) is 0 Å². The quantitative estimate of drug-likeness (QED) is 0.592. The smallest absolute Gasteiger partial charge is 0.266 e. The lowest BCUT2D eigenvalue weighted by molar-refractivity contribution is 0.0305. The highest BCUT2D eigenvalue weighted by atomic mass is 32.2. The van der Waals surface area contributed by atoms with Gasteiger partial charge in [-0.25, -0.2) is 13.4 Å². The molecule has 3 heterocycles. The van der Waals surface area contributed by atoms with Gasteiger partial charge < -0.3 is 14.2 Å². The highest BCUT2D eigenvalue weighted by molar-refractivity contribution is 7.92. The molecule has 0 bridgehead atoms. The summed E-state index contributed by atoms with van der Waals surface area (Å²) in [5.74, 6) is -0.0604. The lowest BCUT2D eigenvalue weighted by Gasteiger charge is -2.26. The Kier molecular flexibility index (Phi) is 6.35. The highest BCUT2D eigenvalue weighted by Crippen LogP contribution is 2.33. The van der Waals surface area contributed by atoms with E-state index in [0.717, 1.165) is 11.1 Å². The first-order valence-corrected chi connectivity index (χ1v) is 13.0. The van der Waals surface area contributed by atoms with Gasteiger partial charge in [0.15, 0.2) is 0 Å². The van der Waals surface area contributed by atoms with E-state index in [1.54, 1.807) is 41.6 Å². The summed E-state index contributed by atoms with van der Waals surface area (Å²) < 4.78 is 36.3. The Hall–Kier alpha value is -2.69. The molecule has 0 spiro atoms. The van der Waals surface area contributed by atoms with Crippen LogP contribution in [0.15, 0.2) is 29.2 Å². The molecule has 0 atom stereocenters. The van der Waals surface area contributed by atoms with Crippen LogP contribution in [0.3, 0.4) is 0 Å². The van der Waals surface area contributed by atoms with Crippen molar-refractivity contribution in [1.82, 2.24) is 14.5 Å². The zero-order valence-corrected chi connectivity index (χ0v) is 21.1. The fraction of sp³-hybridized carbons (Fsp3) is 0.391. The van der Waals surface area contributed by atoms with Gasteiger partial charge in [0, 0.05) is 31.5 Å². The number of carbonyl (C=O) groups is 1. The van der Waals surface area contributed by atoms with E-state index in [0.29, 0.717) is 59.0 Å². The molecule has 3 aromatic rings. The van der Waals surface area contributed by atoms with Crippen LogP contribution in [-0.4, -0.2) is 55.1 Å². The summed E-state index contributed by atoms with van der Waals surface area (Å²) >= 11 is 1.29. The van der Waals surface area contributed by atoms with Gasteiger partial charge in [0.1, 0.15) is 14.8 Å². The number of benzene rings is 1. The van der Waals surface area contributed by atoms with Crippen molar-refractivity contribution in [2.75, 3.05) is 31.0 Å². The van der Waals surface area contributed by atoms with Gasteiger partial charge in [0.25, 0.3) is 15.9 Å². The number of nitrogens with zero attached hydrogens (tertiary/aromatic N) is 3. The van der Waals surface area contributed by atoms with Crippen molar-refractivity contribution in [3.8, 4) is 10.7 Å². The van der Waals surface area contributed by atoms with E-state index in [1.807, 2.05) is 26.8 Å². The molecular weight excluding hydrogens is 460 g/mol. The molecule has 0 aliphatic carbocycles. The Balaban J connectivity index is 1.67. The lowest BCUT2D eigenvalue weighted by Crippen LogP contribution is -2.40. The maximum absolute atomic E-state index is 13.2. The summed E-state index contributed by atoms with van der Waals surface area (Å²) in [6, 6.07) is 7.22. The molecule has 8 nitrogen and oxygen atoms in total. The molecule has 176 valence electrons. The predicted octanol–water partition coefficient (Wildman–Crippen LogP) is 3.66. The molecule has 0 unspecified atom stereocenters. The maximum Gasteiger partial charge on any atom is 0.266 e. The number of anilines is 1. The lowest BCUT2D eigenvalue weighted by atomic mass is 10.1. The first kappa shape index (κ1) is 23.5. The van der Waals surface area contributed by atoms with Crippen molar-refractivity contribution in [2.45, 2.75) is 32.6 Å². The molecule has 0 saturated carbocycles. The van der Waals surface area contributed by atoms with Crippen molar-refractivity contribution >= 4 is 33.0 Å². The highest BCUT2D eigenvalue weighted by Gasteiger charge is 2.27. The second-order valence-corrected chi connectivity index (χ2v) is 11.0. The number of thiazole rings is 1. The summed E-state index contributed by atoms with van der Waals surface area (Å²) in [7, 11) is -2.00. The third-order valence-electron chi connectivity index (χ3n) is 5.76. The number of aryl methyl sites for hydroxylation is 3. The summed E-state index contributed by atoms with van der Waals surface area (Å²) in [4.78, 5) is 20.1. The van der Waals surface area contributed by atoms with Crippen LogP contribution in [0.1, 0.15) is 32.2 Å². The van der Waals surface area contributed by atoms with Gasteiger partial charge in [0.2, 0.25) is 0 Å². The minimum atomic E-state index is -3.81. The van der Waals surface area contributed by atoms with E-state index >= 15 is 0 Å². The Morgan fingerprint density at radius 3 is 2.33 bits per heavy atom. The number of sulfonamides is 1. The van der Waals surface area contributed by atoms with Gasteiger partial charge in [-0.3, -0.25) is 9.52 Å². The monoisotopic (exact) mass is 488 g/mol. The SMILES string of the molecule is Cc1cc(C)cc(NS(=O)(=O)c2cc(-c3nc(C)c(C(=O)N4CCOCC4)s3)n(C)c2C)c1. The van der Waals surface area contributed by atoms with Crippen LogP contribution >= 0.6 is 11.3 Å². The number of aromatic nitrogens is 2.